The van der Waals surface area contributed by atoms with Gasteiger partial charge in [0.05, 0.1) is 5.92 Å². The van der Waals surface area contributed by atoms with E-state index in [0.717, 1.165) is 5.56 Å². The lowest BCUT2D eigenvalue weighted by Gasteiger charge is -2.04. The Morgan fingerprint density at radius 1 is 1.33 bits per heavy atom. The van der Waals surface area contributed by atoms with E-state index in [1.807, 2.05) is 30.3 Å². The summed E-state index contributed by atoms with van der Waals surface area (Å²) in [6, 6.07) is 9.42. The SMILES string of the molecule is CC(=O)[C@@H]1C[C@@H](c2ccccc2)C(=O)O1. The lowest BCUT2D eigenvalue weighted by molar-refractivity contribution is -0.147. The first-order chi connectivity index (χ1) is 7.18. The van der Waals surface area contributed by atoms with E-state index in [4.69, 9.17) is 4.74 Å². The summed E-state index contributed by atoms with van der Waals surface area (Å²) in [6.45, 7) is 1.45. The summed E-state index contributed by atoms with van der Waals surface area (Å²) in [6.07, 6.45) is -0.0826. The number of esters is 1. The topological polar surface area (TPSA) is 43.4 Å². The predicted molar refractivity (Wildman–Crippen MR) is 54.4 cm³/mol. The zero-order valence-electron chi connectivity index (χ0n) is 8.47. The summed E-state index contributed by atoms with van der Waals surface area (Å²) < 4.78 is 5.00. The zero-order chi connectivity index (χ0) is 10.8. The van der Waals surface area contributed by atoms with Gasteiger partial charge in [0.1, 0.15) is 0 Å². The average molecular weight is 204 g/mol. The van der Waals surface area contributed by atoms with Gasteiger partial charge in [0.15, 0.2) is 11.9 Å². The van der Waals surface area contributed by atoms with Gasteiger partial charge in [-0.05, 0) is 12.5 Å². The van der Waals surface area contributed by atoms with Crippen LogP contribution in [-0.2, 0) is 14.3 Å². The molecule has 0 unspecified atom stereocenters. The van der Waals surface area contributed by atoms with Gasteiger partial charge in [-0.25, -0.2) is 0 Å². The Kier molecular flexibility index (Phi) is 2.54. The van der Waals surface area contributed by atoms with Crippen LogP contribution in [0.15, 0.2) is 30.3 Å². The molecule has 3 nitrogen and oxygen atoms in total. The molecule has 1 heterocycles. The van der Waals surface area contributed by atoms with Gasteiger partial charge in [0.2, 0.25) is 0 Å². The Morgan fingerprint density at radius 2 is 2.00 bits per heavy atom. The number of cyclic esters (lactones) is 1. The van der Waals surface area contributed by atoms with Gasteiger partial charge in [-0.3, -0.25) is 9.59 Å². The summed E-state index contributed by atoms with van der Waals surface area (Å²) in [5, 5.41) is 0. The summed E-state index contributed by atoms with van der Waals surface area (Å²) >= 11 is 0. The largest absolute Gasteiger partial charge is 0.454 e. The van der Waals surface area contributed by atoms with Crippen molar-refractivity contribution >= 4 is 11.8 Å². The average Bonchev–Trinajstić information content (AvgIpc) is 2.62. The second kappa shape index (κ2) is 3.85. The summed E-state index contributed by atoms with van der Waals surface area (Å²) in [5.74, 6) is -0.650. The number of ketones is 1. The van der Waals surface area contributed by atoms with Crippen LogP contribution in [-0.4, -0.2) is 17.9 Å². The third kappa shape index (κ3) is 1.91. The predicted octanol–water partition coefficient (Wildman–Crippen LogP) is 1.67. The minimum atomic E-state index is -0.553. The fourth-order valence-corrected chi connectivity index (χ4v) is 1.79. The van der Waals surface area contributed by atoms with Crippen LogP contribution in [0.4, 0.5) is 0 Å². The molecule has 0 radical (unpaired) electrons. The number of benzene rings is 1. The first kappa shape index (κ1) is 9.90. The Morgan fingerprint density at radius 3 is 2.53 bits per heavy atom. The van der Waals surface area contributed by atoms with Gasteiger partial charge in [0, 0.05) is 6.42 Å². The van der Waals surface area contributed by atoms with Gasteiger partial charge in [-0.2, -0.15) is 0 Å². The number of carbonyl (C=O) groups is 2. The highest BCUT2D eigenvalue weighted by Crippen LogP contribution is 2.30. The maximum Gasteiger partial charge on any atom is 0.314 e. The standard InChI is InChI=1S/C12H12O3/c1-8(13)11-7-10(12(14)15-11)9-5-3-2-4-6-9/h2-6,10-11H,7H2,1H3/t10-,11-/m0/s1. The van der Waals surface area contributed by atoms with Crippen molar-refractivity contribution in [2.24, 2.45) is 0 Å². The lowest BCUT2D eigenvalue weighted by Crippen LogP contribution is -2.16. The van der Waals surface area contributed by atoms with Crippen molar-refractivity contribution in [3.05, 3.63) is 35.9 Å². The van der Waals surface area contributed by atoms with Crippen LogP contribution in [0.3, 0.4) is 0 Å². The van der Waals surface area contributed by atoms with Crippen LogP contribution in [0, 0.1) is 0 Å². The van der Waals surface area contributed by atoms with Crippen molar-refractivity contribution in [2.75, 3.05) is 0 Å². The highest BCUT2D eigenvalue weighted by atomic mass is 16.6. The Bertz CT molecular complexity index is 383. The molecule has 1 aliphatic rings. The van der Waals surface area contributed by atoms with E-state index in [1.165, 1.54) is 6.92 Å². The molecule has 0 spiro atoms. The molecule has 1 aromatic carbocycles. The van der Waals surface area contributed by atoms with Crippen LogP contribution in [0.25, 0.3) is 0 Å². The minimum absolute atomic E-state index is 0.0817. The van der Waals surface area contributed by atoms with Gasteiger partial charge in [0.25, 0.3) is 0 Å². The Balaban J connectivity index is 2.19. The molecule has 1 fully saturated rings. The third-order valence-corrected chi connectivity index (χ3v) is 2.65. The third-order valence-electron chi connectivity index (χ3n) is 2.65. The number of Topliss-reactive ketones (excluding diaryl/α,β-unsaturated/α-hetero) is 1. The molecular weight excluding hydrogens is 192 g/mol. The van der Waals surface area contributed by atoms with Crippen molar-refractivity contribution in [3.8, 4) is 0 Å². The highest BCUT2D eigenvalue weighted by molar-refractivity contribution is 5.89. The van der Waals surface area contributed by atoms with Gasteiger partial charge in [-0.1, -0.05) is 30.3 Å². The van der Waals surface area contributed by atoms with E-state index in [1.54, 1.807) is 0 Å². The zero-order valence-corrected chi connectivity index (χ0v) is 8.47. The van der Waals surface area contributed by atoms with Crippen LogP contribution in [0.2, 0.25) is 0 Å². The molecule has 1 aromatic rings. The minimum Gasteiger partial charge on any atom is -0.454 e. The molecule has 0 bridgehead atoms. The highest BCUT2D eigenvalue weighted by Gasteiger charge is 2.37. The molecular formula is C12H12O3. The van der Waals surface area contributed by atoms with Crippen LogP contribution in [0.5, 0.6) is 0 Å². The summed E-state index contributed by atoms with van der Waals surface area (Å²) in [4.78, 5) is 22.6. The van der Waals surface area contributed by atoms with E-state index in [9.17, 15) is 9.59 Å². The first-order valence-corrected chi connectivity index (χ1v) is 4.94. The van der Waals surface area contributed by atoms with E-state index in [0.29, 0.717) is 6.42 Å². The van der Waals surface area contributed by atoms with Crippen LogP contribution in [0.1, 0.15) is 24.8 Å². The molecule has 2 atom stereocenters. The number of rotatable bonds is 2. The number of hydrogen-bond donors (Lipinski definition) is 0. The summed E-state index contributed by atoms with van der Waals surface area (Å²) in [7, 11) is 0. The van der Waals surface area contributed by atoms with Gasteiger partial charge < -0.3 is 4.74 Å². The van der Waals surface area contributed by atoms with Crippen molar-refractivity contribution in [2.45, 2.75) is 25.4 Å². The maximum absolute atomic E-state index is 11.5. The normalized spacial score (nSPS) is 25.0. The first-order valence-electron chi connectivity index (χ1n) is 4.94. The van der Waals surface area contributed by atoms with Crippen LogP contribution < -0.4 is 0 Å². The monoisotopic (exact) mass is 204 g/mol. The molecule has 15 heavy (non-hydrogen) atoms. The smallest absolute Gasteiger partial charge is 0.314 e. The molecule has 1 saturated heterocycles. The van der Waals surface area contributed by atoms with Gasteiger partial charge in [-0.15, -0.1) is 0 Å². The van der Waals surface area contributed by atoms with Crippen LogP contribution >= 0.6 is 0 Å². The molecule has 0 aromatic heterocycles. The molecule has 0 amide bonds. The van der Waals surface area contributed by atoms with Gasteiger partial charge >= 0.3 is 5.97 Å². The molecule has 0 aliphatic carbocycles. The van der Waals surface area contributed by atoms with Crippen molar-refractivity contribution in [1.29, 1.82) is 0 Å². The number of carbonyl (C=O) groups excluding carboxylic acids is 2. The van der Waals surface area contributed by atoms with Crippen molar-refractivity contribution in [1.82, 2.24) is 0 Å². The Hall–Kier alpha value is -1.64. The lowest BCUT2D eigenvalue weighted by atomic mass is 9.95. The Labute approximate surface area is 88.1 Å². The maximum atomic E-state index is 11.5. The fourth-order valence-electron chi connectivity index (χ4n) is 1.79. The molecule has 3 heteroatoms. The molecule has 2 rings (SSSR count). The van der Waals surface area contributed by atoms with E-state index in [-0.39, 0.29) is 17.7 Å². The van der Waals surface area contributed by atoms with E-state index in [2.05, 4.69) is 0 Å². The molecule has 0 N–H and O–H groups in total. The molecule has 0 saturated carbocycles. The van der Waals surface area contributed by atoms with Crippen molar-refractivity contribution < 1.29 is 14.3 Å². The second-order valence-corrected chi connectivity index (χ2v) is 3.74. The van der Waals surface area contributed by atoms with E-state index >= 15 is 0 Å². The fraction of sp³-hybridized carbons (Fsp3) is 0.333. The summed E-state index contributed by atoms with van der Waals surface area (Å²) in [5.41, 5.74) is 0.922. The van der Waals surface area contributed by atoms with E-state index < -0.39 is 6.10 Å². The quantitative estimate of drug-likeness (QED) is 0.688. The second-order valence-electron chi connectivity index (χ2n) is 3.74. The van der Waals surface area contributed by atoms with Crippen molar-refractivity contribution in [3.63, 3.8) is 0 Å². The number of hydrogen-bond acceptors (Lipinski definition) is 3. The molecule has 1 aliphatic heterocycles. The molecule has 78 valence electrons. The number of ether oxygens (including phenoxy) is 1.